The maximum absolute atomic E-state index is 13.9. The Labute approximate surface area is 370 Å². The standard InChI is InChI=1S/C46H52N8O7S2/c55-45(51-63(58,59)36-23-40(54(56)57)44(50-28-36)48-26-30-10-19-62-20-11-30)39-8-7-33(22-42(39)61-35-21-32-9-14-47-43(32)49-27-35)52-15-12-46(13-16-52)24-34(25-46)53-17-18-60-29-41(53)38-4-2-1-3-37(38)31-5-6-31/h1-4,7-9,14,21-23,27-28,30-31,34,41H,5-6,10-13,15-20,24-26,29H2,(H,47,49)(H,48,50)(H,51,55)/t41-/m0/s1. The van der Waals surface area contributed by atoms with E-state index in [4.69, 9.17) is 9.47 Å². The summed E-state index contributed by atoms with van der Waals surface area (Å²) in [4.78, 5) is 41.5. The van der Waals surface area contributed by atoms with Gasteiger partial charge in [-0.3, -0.25) is 19.8 Å². The van der Waals surface area contributed by atoms with Crippen LogP contribution in [-0.2, 0) is 14.8 Å². The lowest BCUT2D eigenvalue weighted by Gasteiger charge is -2.57. The second-order valence-corrected chi connectivity index (χ2v) is 20.7. The molecule has 2 aliphatic carbocycles. The number of carbonyl (C=O) groups excluding carboxylic acids is 1. The van der Waals surface area contributed by atoms with Crippen molar-refractivity contribution in [3.63, 3.8) is 0 Å². The van der Waals surface area contributed by atoms with E-state index in [2.05, 4.69) is 59.1 Å². The number of amides is 1. The minimum atomic E-state index is -4.59. The van der Waals surface area contributed by atoms with E-state index in [1.54, 1.807) is 30.6 Å². The van der Waals surface area contributed by atoms with Crippen LogP contribution in [0.25, 0.3) is 11.0 Å². The third-order valence-electron chi connectivity index (χ3n) is 13.8. The lowest BCUT2D eigenvalue weighted by molar-refractivity contribution is -0.384. The Kier molecular flexibility index (Phi) is 11.5. The highest BCUT2D eigenvalue weighted by Gasteiger charge is 2.50. The maximum Gasteiger partial charge on any atom is 0.312 e. The fraction of sp³-hybridized carbons (Fsp3) is 0.457. The lowest BCUT2D eigenvalue weighted by Crippen LogP contribution is -2.58. The molecule has 0 bridgehead atoms. The van der Waals surface area contributed by atoms with Gasteiger partial charge in [0, 0.05) is 61.6 Å². The van der Waals surface area contributed by atoms with Crippen LogP contribution in [0.1, 0.15) is 84.8 Å². The van der Waals surface area contributed by atoms with Gasteiger partial charge in [0.15, 0.2) is 0 Å². The van der Waals surface area contributed by atoms with Crippen LogP contribution in [0, 0.1) is 21.4 Å². The fourth-order valence-electron chi connectivity index (χ4n) is 10.1. The zero-order valence-electron chi connectivity index (χ0n) is 35.0. The Morgan fingerprint density at radius 3 is 2.56 bits per heavy atom. The number of nitrogens with zero attached hydrogens (tertiary/aromatic N) is 5. The molecule has 63 heavy (non-hydrogen) atoms. The zero-order chi connectivity index (χ0) is 43.1. The third-order valence-corrected chi connectivity index (χ3v) is 16.2. The van der Waals surface area contributed by atoms with Crippen LogP contribution in [-0.4, -0.2) is 96.0 Å². The first kappa shape index (κ1) is 41.8. The number of ether oxygens (including phenoxy) is 2. The Bertz CT molecular complexity index is 2620. The van der Waals surface area contributed by atoms with Gasteiger partial charge in [-0.15, -0.1) is 0 Å². The van der Waals surface area contributed by atoms with Gasteiger partial charge < -0.3 is 24.7 Å². The van der Waals surface area contributed by atoms with Gasteiger partial charge in [-0.2, -0.15) is 11.8 Å². The molecule has 5 aliphatic rings. The van der Waals surface area contributed by atoms with E-state index in [1.165, 1.54) is 24.0 Å². The van der Waals surface area contributed by atoms with Gasteiger partial charge in [-0.1, -0.05) is 24.3 Å². The predicted molar refractivity (Wildman–Crippen MR) is 242 cm³/mol. The van der Waals surface area contributed by atoms with Crippen molar-refractivity contribution < 1.29 is 27.6 Å². The molecule has 2 saturated carbocycles. The number of nitrogens with one attached hydrogen (secondary N) is 3. The molecule has 330 valence electrons. The van der Waals surface area contributed by atoms with Crippen LogP contribution in [0.4, 0.5) is 17.2 Å². The first-order valence-corrected chi connectivity index (χ1v) is 24.7. The number of hydrogen-bond donors (Lipinski definition) is 3. The van der Waals surface area contributed by atoms with Gasteiger partial charge in [0.05, 0.1) is 42.1 Å². The molecule has 3 N–H and O–H groups in total. The number of nitro groups is 1. The van der Waals surface area contributed by atoms with Crippen LogP contribution < -0.4 is 19.7 Å². The molecule has 5 fully saturated rings. The summed E-state index contributed by atoms with van der Waals surface area (Å²) in [5.41, 5.74) is 4.23. The molecule has 17 heteroatoms. The first-order valence-electron chi connectivity index (χ1n) is 22.1. The second-order valence-electron chi connectivity index (χ2n) is 17.8. The van der Waals surface area contributed by atoms with E-state index in [9.17, 15) is 23.3 Å². The van der Waals surface area contributed by atoms with Gasteiger partial charge in [-0.25, -0.2) is 23.1 Å². The minimum Gasteiger partial charge on any atom is -0.455 e. The zero-order valence-corrected chi connectivity index (χ0v) is 36.7. The van der Waals surface area contributed by atoms with Gasteiger partial charge in [-0.05, 0) is 116 Å². The third kappa shape index (κ3) is 8.84. The normalized spacial score (nSPS) is 21.0. The van der Waals surface area contributed by atoms with Crippen molar-refractivity contribution in [3.8, 4) is 11.5 Å². The number of anilines is 2. The van der Waals surface area contributed by atoms with Crippen molar-refractivity contribution >= 4 is 55.9 Å². The molecule has 0 unspecified atom stereocenters. The van der Waals surface area contributed by atoms with Gasteiger partial charge in [0.25, 0.3) is 15.9 Å². The smallest absolute Gasteiger partial charge is 0.312 e. The highest BCUT2D eigenvalue weighted by molar-refractivity contribution is 7.99. The number of aromatic amines is 1. The van der Waals surface area contributed by atoms with Crippen LogP contribution >= 0.6 is 11.8 Å². The molecule has 3 saturated heterocycles. The highest BCUT2D eigenvalue weighted by atomic mass is 32.2. The number of rotatable bonds is 13. The topological polar surface area (TPSA) is 185 Å². The summed E-state index contributed by atoms with van der Waals surface area (Å²) >= 11 is 1.88. The number of aromatic nitrogens is 3. The molecule has 10 rings (SSSR count). The molecular formula is C46H52N8O7S2. The van der Waals surface area contributed by atoms with Crippen molar-refractivity contribution in [3.05, 3.63) is 106 Å². The van der Waals surface area contributed by atoms with Crippen LogP contribution in [0.15, 0.2) is 84.1 Å². The van der Waals surface area contributed by atoms with E-state index >= 15 is 0 Å². The van der Waals surface area contributed by atoms with E-state index in [0.29, 0.717) is 41.9 Å². The quantitative estimate of drug-likeness (QED) is 0.0763. The molecule has 3 aromatic heterocycles. The molecular weight excluding hydrogens is 841 g/mol. The van der Waals surface area contributed by atoms with E-state index in [0.717, 1.165) is 106 Å². The molecule has 15 nitrogen and oxygen atoms in total. The van der Waals surface area contributed by atoms with Crippen molar-refractivity contribution in [2.45, 2.75) is 74.3 Å². The number of H-pyrrole nitrogens is 1. The first-order chi connectivity index (χ1) is 30.6. The number of benzene rings is 2. The summed E-state index contributed by atoms with van der Waals surface area (Å²) in [6, 6.07) is 19.5. The van der Waals surface area contributed by atoms with Gasteiger partial charge in [0.1, 0.15) is 22.0 Å². The van der Waals surface area contributed by atoms with Crippen LogP contribution in [0.5, 0.6) is 11.5 Å². The molecule has 0 radical (unpaired) electrons. The maximum atomic E-state index is 13.9. The van der Waals surface area contributed by atoms with Crippen LogP contribution in [0.2, 0.25) is 0 Å². The summed E-state index contributed by atoms with van der Waals surface area (Å²) in [6.07, 6.45) is 13.3. The number of hydrogen-bond acceptors (Lipinski definition) is 13. The summed E-state index contributed by atoms with van der Waals surface area (Å²) in [5.74, 6) is 2.63. The van der Waals surface area contributed by atoms with Crippen molar-refractivity contribution in [2.24, 2.45) is 11.3 Å². The average molecular weight is 893 g/mol. The summed E-state index contributed by atoms with van der Waals surface area (Å²) in [7, 11) is -4.59. The number of carbonyl (C=O) groups is 1. The summed E-state index contributed by atoms with van der Waals surface area (Å²) in [5, 5.41) is 15.9. The van der Waals surface area contributed by atoms with Crippen LogP contribution in [0.3, 0.4) is 0 Å². The molecule has 5 aromatic rings. The largest absolute Gasteiger partial charge is 0.455 e. The Morgan fingerprint density at radius 2 is 1.78 bits per heavy atom. The van der Waals surface area contributed by atoms with Crippen molar-refractivity contribution in [2.75, 3.05) is 61.1 Å². The SMILES string of the molecule is O=C(NS(=O)(=O)c1cnc(NCC2CCSCC2)c([N+](=O)[O-])c1)c1ccc(N2CCC3(CC2)CC(N2CCOC[C@H]2c2ccccc2C2CC2)C3)cc1Oc1cnc2[nH]ccc2c1. The Hall–Kier alpha value is -5.23. The molecule has 2 aromatic carbocycles. The number of sulfonamides is 1. The Morgan fingerprint density at radius 1 is 0.984 bits per heavy atom. The second kappa shape index (κ2) is 17.4. The lowest BCUT2D eigenvalue weighted by atomic mass is 9.59. The monoisotopic (exact) mass is 892 g/mol. The summed E-state index contributed by atoms with van der Waals surface area (Å²) in [6.45, 7) is 4.61. The number of morpholine rings is 1. The number of piperidine rings is 1. The molecule has 6 heterocycles. The summed E-state index contributed by atoms with van der Waals surface area (Å²) < 4.78 is 41.9. The highest BCUT2D eigenvalue weighted by Crippen LogP contribution is 2.54. The molecule has 3 aliphatic heterocycles. The molecule has 1 amide bonds. The van der Waals surface area contributed by atoms with Crippen molar-refractivity contribution in [1.29, 1.82) is 0 Å². The Balaban J connectivity index is 0.843. The minimum absolute atomic E-state index is 0.0143. The predicted octanol–water partition coefficient (Wildman–Crippen LogP) is 8.03. The number of fused-ring (bicyclic) bond motifs is 1. The molecule has 1 spiro atoms. The van der Waals surface area contributed by atoms with E-state index < -0.39 is 31.4 Å². The fourth-order valence-corrected chi connectivity index (χ4v) is 12.2. The van der Waals surface area contributed by atoms with E-state index in [1.807, 2.05) is 23.9 Å². The molecule has 1 atom stereocenters. The van der Waals surface area contributed by atoms with Gasteiger partial charge >= 0.3 is 5.69 Å². The average Bonchev–Trinajstić information content (AvgIpc) is 4.04. The van der Waals surface area contributed by atoms with Gasteiger partial charge in [0.2, 0.25) is 5.82 Å². The number of pyridine rings is 2. The number of thioether (sulfide) groups is 1. The van der Waals surface area contributed by atoms with Crippen molar-refractivity contribution in [1.82, 2.24) is 24.6 Å². The van der Waals surface area contributed by atoms with E-state index in [-0.39, 0.29) is 22.5 Å².